The van der Waals surface area contributed by atoms with Gasteiger partial charge in [-0.15, -0.1) is 0 Å². The highest BCUT2D eigenvalue weighted by Gasteiger charge is 2.41. The Balaban J connectivity index is 1.68. The minimum absolute atomic E-state index is 0.227. The van der Waals surface area contributed by atoms with Crippen LogP contribution in [0.25, 0.3) is 11.6 Å². The molecule has 1 unspecified atom stereocenters. The molecule has 1 aliphatic heterocycles. The minimum Gasteiger partial charge on any atom is -0.493 e. The average Bonchev–Trinajstić information content (AvgIpc) is 3.15. The van der Waals surface area contributed by atoms with Crippen LogP contribution in [-0.4, -0.2) is 45.0 Å². The van der Waals surface area contributed by atoms with Crippen molar-refractivity contribution in [3.05, 3.63) is 84.1 Å². The van der Waals surface area contributed by atoms with Gasteiger partial charge in [-0.05, 0) is 42.0 Å². The first-order valence-corrected chi connectivity index (χ1v) is 9.82. The molecule has 0 aliphatic carbocycles. The summed E-state index contributed by atoms with van der Waals surface area (Å²) in [4.78, 5) is 37.0. The van der Waals surface area contributed by atoms with E-state index in [0.717, 1.165) is 5.56 Å². The first-order chi connectivity index (χ1) is 15.7. The predicted molar refractivity (Wildman–Crippen MR) is 115 cm³/mol. The number of rotatable bonds is 5. The molecule has 1 aliphatic rings. The minimum atomic E-state index is -0.502. The summed E-state index contributed by atoms with van der Waals surface area (Å²) < 4.78 is 10.9. The number of carbonyl (C=O) groups is 1. The zero-order valence-electron chi connectivity index (χ0n) is 17.3. The Morgan fingerprint density at radius 3 is 2.25 bits per heavy atom. The number of anilines is 1. The van der Waals surface area contributed by atoms with Crippen molar-refractivity contribution in [2.24, 2.45) is 0 Å². The summed E-state index contributed by atoms with van der Waals surface area (Å²) in [7, 11) is 3.10. The fourth-order valence-electron chi connectivity index (χ4n) is 3.76. The van der Waals surface area contributed by atoms with Crippen LogP contribution in [0.4, 0.5) is 5.82 Å². The van der Waals surface area contributed by atoms with Gasteiger partial charge in [0.2, 0.25) is 0 Å². The Bertz CT molecular complexity index is 1280. The third-order valence-electron chi connectivity index (χ3n) is 5.18. The molecule has 0 saturated heterocycles. The number of benzene rings is 1. The summed E-state index contributed by atoms with van der Waals surface area (Å²) in [5.41, 5.74) is 1.94. The lowest BCUT2D eigenvalue weighted by molar-refractivity contribution is 0.0992. The van der Waals surface area contributed by atoms with Crippen molar-refractivity contribution in [1.29, 1.82) is 0 Å². The molecule has 5 rings (SSSR count). The number of ether oxygens (including phenoxy) is 2. The maximum Gasteiger partial charge on any atom is 0.260 e. The molecule has 1 amide bonds. The van der Waals surface area contributed by atoms with E-state index >= 15 is 0 Å². The van der Waals surface area contributed by atoms with Gasteiger partial charge in [-0.1, -0.05) is 6.07 Å². The predicted octanol–water partition coefficient (Wildman–Crippen LogP) is 3.10. The molecule has 4 heterocycles. The lowest BCUT2D eigenvalue weighted by Crippen LogP contribution is -2.30. The second-order valence-electron chi connectivity index (χ2n) is 6.94. The molecule has 0 spiro atoms. The van der Waals surface area contributed by atoms with Crippen LogP contribution in [0.15, 0.2) is 67.3 Å². The molecule has 0 fully saturated rings. The van der Waals surface area contributed by atoms with Crippen LogP contribution >= 0.6 is 0 Å². The van der Waals surface area contributed by atoms with Crippen molar-refractivity contribution >= 4 is 11.7 Å². The first kappa shape index (κ1) is 19.6. The lowest BCUT2D eigenvalue weighted by Gasteiger charge is -2.24. The number of aromatic nitrogens is 5. The monoisotopic (exact) mass is 426 g/mol. The van der Waals surface area contributed by atoms with Crippen LogP contribution in [0.5, 0.6) is 11.5 Å². The van der Waals surface area contributed by atoms with Crippen LogP contribution in [-0.2, 0) is 0 Å². The normalized spacial score (nSPS) is 14.9. The van der Waals surface area contributed by atoms with Gasteiger partial charge < -0.3 is 9.47 Å². The van der Waals surface area contributed by atoms with Gasteiger partial charge in [-0.2, -0.15) is 0 Å². The third kappa shape index (κ3) is 3.20. The maximum atomic E-state index is 13.6. The van der Waals surface area contributed by atoms with Crippen LogP contribution in [0.1, 0.15) is 27.7 Å². The summed E-state index contributed by atoms with van der Waals surface area (Å²) in [5, 5.41) is 0. The van der Waals surface area contributed by atoms with Crippen LogP contribution < -0.4 is 14.4 Å². The number of fused-ring (bicyclic) bond motifs is 1. The SMILES string of the molecule is COc1cc2c(cc1OC)C(c1ccccn1)N(c1ccnc(-c3ncccn3)n1)C2=O. The summed E-state index contributed by atoms with van der Waals surface area (Å²) >= 11 is 0. The fourth-order valence-corrected chi connectivity index (χ4v) is 3.76. The van der Waals surface area contributed by atoms with Gasteiger partial charge in [0.1, 0.15) is 11.9 Å². The van der Waals surface area contributed by atoms with Crippen LogP contribution in [0.2, 0.25) is 0 Å². The first-order valence-electron chi connectivity index (χ1n) is 9.82. The molecule has 158 valence electrons. The van der Waals surface area contributed by atoms with E-state index in [0.29, 0.717) is 40.2 Å². The van der Waals surface area contributed by atoms with Crippen LogP contribution in [0, 0.1) is 0 Å². The summed E-state index contributed by atoms with van der Waals surface area (Å²) in [6, 6.07) is 12.0. The van der Waals surface area contributed by atoms with Crippen molar-refractivity contribution in [2.75, 3.05) is 19.1 Å². The summed E-state index contributed by atoms with van der Waals surface area (Å²) in [6.45, 7) is 0. The zero-order valence-corrected chi connectivity index (χ0v) is 17.3. The molecule has 32 heavy (non-hydrogen) atoms. The molecule has 0 saturated carbocycles. The molecular weight excluding hydrogens is 408 g/mol. The van der Waals surface area contributed by atoms with E-state index in [1.165, 1.54) is 7.11 Å². The third-order valence-corrected chi connectivity index (χ3v) is 5.18. The number of methoxy groups -OCH3 is 2. The highest BCUT2D eigenvalue weighted by Crippen LogP contribution is 2.44. The van der Waals surface area contributed by atoms with E-state index in [2.05, 4.69) is 24.9 Å². The van der Waals surface area contributed by atoms with E-state index in [1.54, 1.807) is 55.0 Å². The van der Waals surface area contributed by atoms with Crippen molar-refractivity contribution < 1.29 is 14.3 Å². The number of carbonyl (C=O) groups excluding carboxylic acids is 1. The molecule has 9 nitrogen and oxygen atoms in total. The quantitative estimate of drug-likeness (QED) is 0.480. The van der Waals surface area contributed by atoms with E-state index < -0.39 is 6.04 Å². The summed E-state index contributed by atoms with van der Waals surface area (Å²) in [5.74, 6) is 1.88. The molecule has 0 N–H and O–H groups in total. The van der Waals surface area contributed by atoms with Gasteiger partial charge in [-0.25, -0.2) is 19.9 Å². The number of nitrogens with zero attached hydrogens (tertiary/aromatic N) is 6. The van der Waals surface area contributed by atoms with Crippen molar-refractivity contribution in [2.45, 2.75) is 6.04 Å². The Morgan fingerprint density at radius 2 is 1.53 bits per heavy atom. The molecule has 0 bridgehead atoms. The molecule has 4 aromatic rings. The standard InChI is InChI=1S/C23H18N6O3/c1-31-17-12-14-15(13-18(17)32-2)23(30)29(20(14)16-6-3-4-8-24-16)19-7-11-27-22(28-19)21-25-9-5-10-26-21/h3-13,20H,1-2H3. The van der Waals surface area contributed by atoms with Crippen molar-refractivity contribution in [3.63, 3.8) is 0 Å². The number of pyridine rings is 1. The largest absolute Gasteiger partial charge is 0.493 e. The Morgan fingerprint density at radius 1 is 0.812 bits per heavy atom. The highest BCUT2D eigenvalue weighted by atomic mass is 16.5. The lowest BCUT2D eigenvalue weighted by atomic mass is 10.0. The van der Waals surface area contributed by atoms with E-state index in [1.807, 2.05) is 24.3 Å². The molecule has 9 heteroatoms. The highest BCUT2D eigenvalue weighted by molar-refractivity contribution is 6.11. The topological polar surface area (TPSA) is 103 Å². The Hall–Kier alpha value is -4.40. The van der Waals surface area contributed by atoms with Gasteiger partial charge in [0.05, 0.1) is 19.9 Å². The van der Waals surface area contributed by atoms with Gasteiger partial charge in [0, 0.05) is 30.4 Å². The number of amides is 1. The summed E-state index contributed by atoms with van der Waals surface area (Å²) in [6.07, 6.45) is 6.51. The molecule has 3 aromatic heterocycles. The molecule has 1 aromatic carbocycles. The second-order valence-corrected chi connectivity index (χ2v) is 6.94. The van der Waals surface area contributed by atoms with E-state index in [-0.39, 0.29) is 5.91 Å². The van der Waals surface area contributed by atoms with Gasteiger partial charge in [-0.3, -0.25) is 14.7 Å². The van der Waals surface area contributed by atoms with E-state index in [4.69, 9.17) is 9.47 Å². The molecule has 0 radical (unpaired) electrons. The van der Waals surface area contributed by atoms with Gasteiger partial charge in [0.25, 0.3) is 5.91 Å². The fraction of sp³-hybridized carbons (Fsp3) is 0.130. The number of hydrogen-bond donors (Lipinski definition) is 0. The molecular formula is C23H18N6O3. The smallest absolute Gasteiger partial charge is 0.260 e. The van der Waals surface area contributed by atoms with Gasteiger partial charge >= 0.3 is 0 Å². The van der Waals surface area contributed by atoms with Crippen molar-refractivity contribution in [1.82, 2.24) is 24.9 Å². The van der Waals surface area contributed by atoms with Gasteiger partial charge in [0.15, 0.2) is 23.1 Å². The Labute approximate surface area is 183 Å². The maximum absolute atomic E-state index is 13.6. The van der Waals surface area contributed by atoms with Crippen LogP contribution in [0.3, 0.4) is 0 Å². The average molecular weight is 426 g/mol. The molecule has 1 atom stereocenters. The zero-order chi connectivity index (χ0) is 22.1. The Kier molecular flexibility index (Phi) is 4.91. The van der Waals surface area contributed by atoms with E-state index in [9.17, 15) is 4.79 Å². The van der Waals surface area contributed by atoms with Crippen molar-refractivity contribution in [3.8, 4) is 23.1 Å². The second kappa shape index (κ2) is 8.03. The number of hydrogen-bond acceptors (Lipinski definition) is 8.